The highest BCUT2D eigenvalue weighted by Crippen LogP contribution is 2.28. The van der Waals surface area contributed by atoms with E-state index in [1.807, 2.05) is 0 Å². The van der Waals surface area contributed by atoms with Gasteiger partial charge in [-0.3, -0.25) is 4.79 Å². The minimum atomic E-state index is -0.933. The molecule has 13 heavy (non-hydrogen) atoms. The molecule has 0 saturated heterocycles. The lowest BCUT2D eigenvalue weighted by atomic mass is 10.1. The molecule has 1 aromatic carbocycles. The first-order valence-corrected chi connectivity index (χ1v) is 3.86. The van der Waals surface area contributed by atoms with E-state index in [1.165, 1.54) is 0 Å². The number of phenolic OH excluding ortho intramolecular Hbond substituents is 1. The fourth-order valence-corrected chi connectivity index (χ4v) is 1.03. The van der Waals surface area contributed by atoms with Gasteiger partial charge in [0.2, 0.25) is 0 Å². The van der Waals surface area contributed by atoms with Crippen molar-refractivity contribution in [1.82, 2.24) is 0 Å². The molecule has 70 valence electrons. The summed E-state index contributed by atoms with van der Waals surface area (Å²) in [5.41, 5.74) is 4.84. The fraction of sp³-hybridized carbons (Fsp3) is 0.125. The van der Waals surface area contributed by atoms with Crippen LogP contribution in [0.15, 0.2) is 12.1 Å². The van der Waals surface area contributed by atoms with E-state index in [-0.39, 0.29) is 12.1 Å². The molecule has 0 bridgehead atoms. The Kier molecular flexibility index (Phi) is 2.85. The minimum absolute atomic E-state index is 0.203. The zero-order valence-electron chi connectivity index (χ0n) is 6.55. The molecule has 3 nitrogen and oxygen atoms in total. The number of halogens is 2. The Balaban J connectivity index is 3.26. The summed E-state index contributed by atoms with van der Waals surface area (Å²) in [5.74, 6) is -1.88. The lowest BCUT2D eigenvalue weighted by molar-refractivity contribution is 0.0997. The first kappa shape index (κ1) is 9.95. The quantitative estimate of drug-likeness (QED) is 0.713. The van der Waals surface area contributed by atoms with Crippen LogP contribution in [0.4, 0.5) is 4.39 Å². The number of carbonyl (C=O) groups is 1. The lowest BCUT2D eigenvalue weighted by Gasteiger charge is -2.03. The number of benzene rings is 1. The molecule has 0 aliphatic heterocycles. The molecular formula is C8H7ClFNO2. The first-order valence-electron chi connectivity index (χ1n) is 3.48. The Bertz CT molecular complexity index is 354. The van der Waals surface area contributed by atoms with Crippen LogP contribution >= 0.6 is 11.6 Å². The number of aromatic hydroxyl groups is 1. The van der Waals surface area contributed by atoms with Crippen molar-refractivity contribution in [2.24, 2.45) is 5.73 Å². The summed E-state index contributed by atoms with van der Waals surface area (Å²) in [4.78, 5) is 11.0. The van der Waals surface area contributed by atoms with Gasteiger partial charge in [0.1, 0.15) is 10.8 Å². The molecule has 0 radical (unpaired) electrons. The SMILES string of the molecule is NCC(=O)c1ccc(O)c(Cl)c1F. The second kappa shape index (κ2) is 3.72. The van der Waals surface area contributed by atoms with E-state index in [9.17, 15) is 9.18 Å². The van der Waals surface area contributed by atoms with Crippen molar-refractivity contribution in [3.05, 3.63) is 28.5 Å². The molecule has 0 atom stereocenters. The second-order valence-corrected chi connectivity index (χ2v) is 2.77. The Morgan fingerprint density at radius 2 is 2.23 bits per heavy atom. The molecule has 0 unspecified atom stereocenters. The van der Waals surface area contributed by atoms with Gasteiger partial charge in [-0.2, -0.15) is 0 Å². The molecule has 0 heterocycles. The average molecular weight is 204 g/mol. The summed E-state index contributed by atoms with van der Waals surface area (Å²) in [6.07, 6.45) is 0. The summed E-state index contributed by atoms with van der Waals surface area (Å²) < 4.78 is 13.1. The number of carbonyl (C=O) groups excluding carboxylic acids is 1. The maximum Gasteiger partial charge on any atom is 0.179 e. The average Bonchev–Trinajstić information content (AvgIpc) is 2.13. The highest BCUT2D eigenvalue weighted by molar-refractivity contribution is 6.32. The van der Waals surface area contributed by atoms with Crippen LogP contribution in [0, 0.1) is 5.82 Å². The minimum Gasteiger partial charge on any atom is -0.506 e. The molecule has 0 spiro atoms. The van der Waals surface area contributed by atoms with E-state index in [2.05, 4.69) is 0 Å². The number of hydrogen-bond donors (Lipinski definition) is 2. The molecule has 0 aromatic heterocycles. The zero-order chi connectivity index (χ0) is 10.0. The molecule has 1 rings (SSSR count). The van der Waals surface area contributed by atoms with Gasteiger partial charge in [0.25, 0.3) is 0 Å². The third-order valence-corrected chi connectivity index (χ3v) is 1.91. The van der Waals surface area contributed by atoms with Gasteiger partial charge in [-0.05, 0) is 12.1 Å². The van der Waals surface area contributed by atoms with E-state index in [0.29, 0.717) is 0 Å². The van der Waals surface area contributed by atoms with Crippen molar-refractivity contribution >= 4 is 17.4 Å². The number of hydrogen-bond acceptors (Lipinski definition) is 3. The summed E-state index contributed by atoms with van der Waals surface area (Å²) in [7, 11) is 0. The van der Waals surface area contributed by atoms with Crippen LogP contribution in [-0.4, -0.2) is 17.4 Å². The predicted octanol–water partition coefficient (Wildman–Crippen LogP) is 1.33. The number of rotatable bonds is 2. The Morgan fingerprint density at radius 1 is 1.62 bits per heavy atom. The van der Waals surface area contributed by atoms with Gasteiger partial charge in [-0.25, -0.2) is 4.39 Å². The molecular weight excluding hydrogens is 197 g/mol. The Morgan fingerprint density at radius 3 is 2.77 bits per heavy atom. The Hall–Kier alpha value is -1.13. The summed E-state index contributed by atoms with van der Waals surface area (Å²) in [6, 6.07) is 2.29. The number of phenols is 1. The maximum atomic E-state index is 13.1. The van der Waals surface area contributed by atoms with Gasteiger partial charge in [0, 0.05) is 0 Å². The van der Waals surface area contributed by atoms with Crippen LogP contribution in [0.5, 0.6) is 5.75 Å². The molecule has 0 saturated carbocycles. The number of ketones is 1. The smallest absolute Gasteiger partial charge is 0.179 e. The second-order valence-electron chi connectivity index (χ2n) is 2.39. The van der Waals surface area contributed by atoms with E-state index < -0.39 is 22.4 Å². The van der Waals surface area contributed by atoms with Crippen LogP contribution in [0.1, 0.15) is 10.4 Å². The normalized spacial score (nSPS) is 10.1. The van der Waals surface area contributed by atoms with Gasteiger partial charge in [-0.15, -0.1) is 0 Å². The van der Waals surface area contributed by atoms with Gasteiger partial charge in [0.05, 0.1) is 12.1 Å². The standard InChI is InChI=1S/C8H7ClFNO2/c9-7-5(12)2-1-4(8(7)10)6(13)3-11/h1-2,12H,3,11H2. The van der Waals surface area contributed by atoms with E-state index >= 15 is 0 Å². The topological polar surface area (TPSA) is 63.3 Å². The van der Waals surface area contributed by atoms with Crippen molar-refractivity contribution in [2.75, 3.05) is 6.54 Å². The summed E-state index contributed by atoms with van der Waals surface area (Å²) in [5, 5.41) is 8.51. The molecule has 1 aromatic rings. The molecule has 0 amide bonds. The number of Topliss-reactive ketones (excluding diaryl/α,β-unsaturated/α-hetero) is 1. The fourth-order valence-electron chi connectivity index (χ4n) is 0.865. The largest absolute Gasteiger partial charge is 0.506 e. The van der Waals surface area contributed by atoms with Gasteiger partial charge >= 0.3 is 0 Å². The van der Waals surface area contributed by atoms with Crippen LogP contribution in [0.2, 0.25) is 5.02 Å². The molecule has 3 N–H and O–H groups in total. The van der Waals surface area contributed by atoms with Crippen molar-refractivity contribution in [3.8, 4) is 5.75 Å². The van der Waals surface area contributed by atoms with Crippen LogP contribution in [0.3, 0.4) is 0 Å². The summed E-state index contributed by atoms with van der Waals surface area (Å²) >= 11 is 5.37. The summed E-state index contributed by atoms with van der Waals surface area (Å²) in [6.45, 7) is -0.294. The van der Waals surface area contributed by atoms with E-state index in [0.717, 1.165) is 12.1 Å². The molecule has 0 fully saturated rings. The molecule has 0 aliphatic carbocycles. The van der Waals surface area contributed by atoms with Crippen LogP contribution in [-0.2, 0) is 0 Å². The highest BCUT2D eigenvalue weighted by atomic mass is 35.5. The third-order valence-electron chi connectivity index (χ3n) is 1.55. The monoisotopic (exact) mass is 203 g/mol. The van der Waals surface area contributed by atoms with Gasteiger partial charge in [0.15, 0.2) is 11.6 Å². The molecule has 0 aliphatic rings. The van der Waals surface area contributed by atoms with Crippen molar-refractivity contribution in [1.29, 1.82) is 0 Å². The number of nitrogens with two attached hydrogens (primary N) is 1. The predicted molar refractivity (Wildman–Crippen MR) is 46.5 cm³/mol. The molecule has 5 heteroatoms. The van der Waals surface area contributed by atoms with E-state index in [1.54, 1.807) is 0 Å². The van der Waals surface area contributed by atoms with Crippen LogP contribution in [0.25, 0.3) is 0 Å². The Labute approximate surface area is 78.9 Å². The highest BCUT2D eigenvalue weighted by Gasteiger charge is 2.15. The van der Waals surface area contributed by atoms with Gasteiger partial charge < -0.3 is 10.8 Å². The van der Waals surface area contributed by atoms with Crippen LogP contribution < -0.4 is 5.73 Å². The first-order chi connectivity index (χ1) is 6.07. The zero-order valence-corrected chi connectivity index (χ0v) is 7.31. The maximum absolute atomic E-state index is 13.1. The lowest BCUT2D eigenvalue weighted by Crippen LogP contribution is -2.15. The van der Waals surface area contributed by atoms with E-state index in [4.69, 9.17) is 22.4 Å². The van der Waals surface area contributed by atoms with Gasteiger partial charge in [-0.1, -0.05) is 11.6 Å². The third kappa shape index (κ3) is 1.79. The van der Waals surface area contributed by atoms with Crippen molar-refractivity contribution in [3.63, 3.8) is 0 Å². The van der Waals surface area contributed by atoms with Crippen molar-refractivity contribution in [2.45, 2.75) is 0 Å². The van der Waals surface area contributed by atoms with Crippen molar-refractivity contribution < 1.29 is 14.3 Å².